The van der Waals surface area contributed by atoms with Gasteiger partial charge >= 0.3 is 0 Å². The molecule has 2 aromatic rings. The van der Waals surface area contributed by atoms with E-state index in [2.05, 4.69) is 5.32 Å². The van der Waals surface area contributed by atoms with Gasteiger partial charge in [-0.25, -0.2) is 4.39 Å². The van der Waals surface area contributed by atoms with Gasteiger partial charge in [0.05, 0.1) is 11.5 Å². The lowest BCUT2D eigenvalue weighted by Crippen LogP contribution is -2.49. The van der Waals surface area contributed by atoms with Crippen molar-refractivity contribution < 1.29 is 14.1 Å². The molecule has 1 aliphatic heterocycles. The molecule has 0 spiro atoms. The highest BCUT2D eigenvalue weighted by Gasteiger charge is 2.27. The van der Waals surface area contributed by atoms with Gasteiger partial charge < -0.3 is 10.2 Å². The van der Waals surface area contributed by atoms with Crippen LogP contribution in [0, 0.1) is 15.9 Å². The smallest absolute Gasteiger partial charge is 0.269 e. The van der Waals surface area contributed by atoms with Gasteiger partial charge in [0, 0.05) is 50.5 Å². The van der Waals surface area contributed by atoms with Crippen molar-refractivity contribution >= 4 is 17.3 Å². The standard InChI is InChI=1S/C19H21FN4O3/c1-22(16-5-7-17(8-6-16)24(26)27)19(25)13-23-10-9-21-12-18(23)14-3-2-4-15(20)11-14/h2-8,11,18,21H,9-10,12-13H2,1H3. The highest BCUT2D eigenvalue weighted by Crippen LogP contribution is 2.24. The Bertz CT molecular complexity index is 828. The molecule has 1 N–H and O–H groups in total. The molecule has 1 atom stereocenters. The third-order valence-electron chi connectivity index (χ3n) is 4.75. The lowest BCUT2D eigenvalue weighted by Gasteiger charge is -2.36. The van der Waals surface area contributed by atoms with Gasteiger partial charge in [0.2, 0.25) is 5.91 Å². The molecule has 0 bridgehead atoms. The van der Waals surface area contributed by atoms with Crippen LogP contribution in [0.3, 0.4) is 0 Å². The van der Waals surface area contributed by atoms with Crippen LogP contribution in [0.15, 0.2) is 48.5 Å². The van der Waals surface area contributed by atoms with Gasteiger partial charge in [0.25, 0.3) is 5.69 Å². The minimum absolute atomic E-state index is 0.0205. The quantitative estimate of drug-likeness (QED) is 0.644. The Morgan fingerprint density at radius 2 is 2.07 bits per heavy atom. The molecule has 0 aromatic heterocycles. The second-order valence-corrected chi connectivity index (χ2v) is 6.47. The summed E-state index contributed by atoms with van der Waals surface area (Å²) in [5, 5.41) is 14.0. The zero-order valence-electron chi connectivity index (χ0n) is 15.0. The van der Waals surface area contributed by atoms with E-state index in [1.807, 2.05) is 11.0 Å². The minimum atomic E-state index is -0.476. The normalized spacial score (nSPS) is 17.5. The molecule has 1 fully saturated rings. The first-order chi connectivity index (χ1) is 13.0. The number of nitrogens with one attached hydrogen (secondary N) is 1. The number of nitro benzene ring substituents is 1. The van der Waals surface area contributed by atoms with E-state index in [9.17, 15) is 19.3 Å². The van der Waals surface area contributed by atoms with Crippen LogP contribution in [0.1, 0.15) is 11.6 Å². The first kappa shape index (κ1) is 18.9. The molecule has 0 aliphatic carbocycles. The van der Waals surface area contributed by atoms with Crippen molar-refractivity contribution in [1.82, 2.24) is 10.2 Å². The number of halogens is 1. The van der Waals surface area contributed by atoms with Gasteiger partial charge in [-0.05, 0) is 29.8 Å². The number of hydrogen-bond donors (Lipinski definition) is 1. The Hall–Kier alpha value is -2.84. The van der Waals surface area contributed by atoms with E-state index in [4.69, 9.17) is 0 Å². The van der Waals surface area contributed by atoms with Gasteiger partial charge in [-0.2, -0.15) is 0 Å². The van der Waals surface area contributed by atoms with Crippen molar-refractivity contribution in [2.75, 3.05) is 38.1 Å². The van der Waals surface area contributed by atoms with Crippen LogP contribution in [-0.2, 0) is 4.79 Å². The largest absolute Gasteiger partial charge is 0.314 e. The van der Waals surface area contributed by atoms with Crippen LogP contribution in [-0.4, -0.2) is 49.0 Å². The van der Waals surface area contributed by atoms with Crippen LogP contribution in [0.25, 0.3) is 0 Å². The maximum Gasteiger partial charge on any atom is 0.269 e. The van der Waals surface area contributed by atoms with Crippen molar-refractivity contribution in [3.63, 3.8) is 0 Å². The lowest BCUT2D eigenvalue weighted by atomic mass is 10.0. The number of anilines is 1. The molecule has 2 aromatic carbocycles. The molecule has 1 heterocycles. The van der Waals surface area contributed by atoms with E-state index in [0.29, 0.717) is 18.8 Å². The topological polar surface area (TPSA) is 78.7 Å². The van der Waals surface area contributed by atoms with E-state index >= 15 is 0 Å². The number of non-ortho nitro benzene ring substituents is 1. The van der Waals surface area contributed by atoms with Crippen molar-refractivity contribution in [2.24, 2.45) is 0 Å². The van der Waals surface area contributed by atoms with Crippen LogP contribution in [0.5, 0.6) is 0 Å². The molecular formula is C19H21FN4O3. The summed E-state index contributed by atoms with van der Waals surface area (Å²) in [5.41, 5.74) is 1.39. The maximum absolute atomic E-state index is 13.6. The summed E-state index contributed by atoms with van der Waals surface area (Å²) in [7, 11) is 1.64. The molecule has 142 valence electrons. The molecule has 3 rings (SSSR count). The summed E-state index contributed by atoms with van der Waals surface area (Å²) in [6, 6.07) is 12.2. The lowest BCUT2D eigenvalue weighted by molar-refractivity contribution is -0.384. The molecule has 1 aliphatic rings. The van der Waals surface area contributed by atoms with Crippen molar-refractivity contribution in [3.8, 4) is 0 Å². The predicted molar refractivity (Wildman–Crippen MR) is 100 cm³/mol. The molecule has 27 heavy (non-hydrogen) atoms. The fourth-order valence-electron chi connectivity index (χ4n) is 3.20. The van der Waals surface area contributed by atoms with E-state index in [1.165, 1.54) is 29.2 Å². The first-order valence-electron chi connectivity index (χ1n) is 8.67. The Morgan fingerprint density at radius 3 is 2.74 bits per heavy atom. The van der Waals surface area contributed by atoms with Crippen LogP contribution >= 0.6 is 0 Å². The zero-order valence-corrected chi connectivity index (χ0v) is 15.0. The summed E-state index contributed by atoms with van der Waals surface area (Å²) in [4.78, 5) is 26.5. The molecule has 0 radical (unpaired) electrons. The highest BCUT2D eigenvalue weighted by atomic mass is 19.1. The van der Waals surface area contributed by atoms with Crippen LogP contribution in [0.2, 0.25) is 0 Å². The van der Waals surface area contributed by atoms with Gasteiger partial charge in [-0.15, -0.1) is 0 Å². The predicted octanol–water partition coefficient (Wildman–Crippen LogP) is 2.34. The number of benzene rings is 2. The van der Waals surface area contributed by atoms with E-state index in [-0.39, 0.29) is 30.0 Å². The fourth-order valence-corrected chi connectivity index (χ4v) is 3.20. The second-order valence-electron chi connectivity index (χ2n) is 6.47. The van der Waals surface area contributed by atoms with Crippen LogP contribution in [0.4, 0.5) is 15.8 Å². The number of rotatable bonds is 5. The van der Waals surface area contributed by atoms with E-state index < -0.39 is 4.92 Å². The molecule has 1 saturated heterocycles. The van der Waals surface area contributed by atoms with Crippen LogP contribution < -0.4 is 10.2 Å². The number of likely N-dealkylation sites (N-methyl/N-ethyl adjacent to an activating group) is 1. The number of hydrogen-bond acceptors (Lipinski definition) is 5. The highest BCUT2D eigenvalue weighted by molar-refractivity contribution is 5.94. The number of nitro groups is 1. The molecule has 8 heteroatoms. The summed E-state index contributed by atoms with van der Waals surface area (Å²) < 4.78 is 13.6. The van der Waals surface area contributed by atoms with Gasteiger partial charge in [0.1, 0.15) is 5.82 Å². The maximum atomic E-state index is 13.6. The Labute approximate surface area is 156 Å². The minimum Gasteiger partial charge on any atom is -0.314 e. The van der Waals surface area contributed by atoms with Gasteiger partial charge in [0.15, 0.2) is 0 Å². The number of piperazine rings is 1. The monoisotopic (exact) mass is 372 g/mol. The number of carbonyl (C=O) groups excluding carboxylic acids is 1. The van der Waals surface area contributed by atoms with Gasteiger partial charge in [-0.3, -0.25) is 19.8 Å². The fraction of sp³-hybridized carbons (Fsp3) is 0.316. The third kappa shape index (κ3) is 4.47. The molecule has 0 saturated carbocycles. The Balaban J connectivity index is 1.71. The van der Waals surface area contributed by atoms with Crippen molar-refractivity contribution in [2.45, 2.75) is 6.04 Å². The second kappa shape index (κ2) is 8.24. The molecular weight excluding hydrogens is 351 g/mol. The zero-order chi connectivity index (χ0) is 19.4. The van der Waals surface area contributed by atoms with Crippen molar-refractivity contribution in [3.05, 3.63) is 70.0 Å². The summed E-state index contributed by atoms with van der Waals surface area (Å²) in [6.07, 6.45) is 0. The van der Waals surface area contributed by atoms with E-state index in [1.54, 1.807) is 25.2 Å². The Kier molecular flexibility index (Phi) is 5.78. The summed E-state index contributed by atoms with van der Waals surface area (Å²) >= 11 is 0. The Morgan fingerprint density at radius 1 is 1.33 bits per heavy atom. The average Bonchev–Trinajstić information content (AvgIpc) is 2.68. The summed E-state index contributed by atoms with van der Waals surface area (Å²) in [6.45, 7) is 2.23. The third-order valence-corrected chi connectivity index (χ3v) is 4.75. The number of nitrogens with zero attached hydrogens (tertiary/aromatic N) is 3. The van der Waals surface area contributed by atoms with Crippen molar-refractivity contribution in [1.29, 1.82) is 0 Å². The number of carbonyl (C=O) groups is 1. The molecule has 1 unspecified atom stereocenters. The average molecular weight is 372 g/mol. The number of amides is 1. The summed E-state index contributed by atoms with van der Waals surface area (Å²) in [5.74, 6) is -0.431. The SMILES string of the molecule is CN(C(=O)CN1CCNCC1c1cccc(F)c1)c1ccc([N+](=O)[O-])cc1. The molecule has 1 amide bonds. The van der Waals surface area contributed by atoms with Gasteiger partial charge in [-0.1, -0.05) is 12.1 Å². The molecule has 7 nitrogen and oxygen atoms in total. The first-order valence-corrected chi connectivity index (χ1v) is 8.67. The van der Waals surface area contributed by atoms with E-state index in [0.717, 1.165) is 12.1 Å².